The van der Waals surface area contributed by atoms with Gasteiger partial charge in [-0.25, -0.2) is 13.9 Å². The molecule has 2 N–H and O–H groups in total. The van der Waals surface area contributed by atoms with Crippen molar-refractivity contribution in [3.63, 3.8) is 0 Å². The molecule has 11 heteroatoms. The van der Waals surface area contributed by atoms with Crippen molar-refractivity contribution >= 4 is 45.7 Å². The predicted molar refractivity (Wildman–Crippen MR) is 253 cm³/mol. The number of aromatic amines is 1. The Balaban J connectivity index is 0.000000211. The van der Waals surface area contributed by atoms with Gasteiger partial charge in [0, 0.05) is 97.4 Å². The number of aromatic nitrogens is 4. The third-order valence-electron chi connectivity index (χ3n) is 9.79. The average Bonchev–Trinajstić information content (AvgIpc) is 3.88. The second kappa shape index (κ2) is 21.9. The summed E-state index contributed by atoms with van der Waals surface area (Å²) in [6.07, 6.45) is 7.62. The van der Waals surface area contributed by atoms with E-state index in [2.05, 4.69) is 104 Å². The van der Waals surface area contributed by atoms with Crippen molar-refractivity contribution < 1.29 is 44.3 Å². The summed E-state index contributed by atoms with van der Waals surface area (Å²) >= 11 is 1.05. The first-order valence-corrected chi connectivity index (χ1v) is 20.3. The minimum atomic E-state index is 0. The fourth-order valence-electron chi connectivity index (χ4n) is 6.45. The van der Waals surface area contributed by atoms with Crippen LogP contribution in [0.3, 0.4) is 0 Å². The second-order valence-electron chi connectivity index (χ2n) is 14.4. The van der Waals surface area contributed by atoms with Crippen LogP contribution < -0.4 is 44.2 Å². The minimum absolute atomic E-state index is 0. The van der Waals surface area contributed by atoms with Gasteiger partial charge >= 0.3 is 29.6 Å². The maximum Gasteiger partial charge on any atom is 1.00 e. The largest absolute Gasteiger partial charge is 1.00 e. The fraction of sp³-hybridized carbons (Fsp3) is 0.0769. The van der Waals surface area contributed by atoms with Gasteiger partial charge in [-0.3, -0.25) is 0 Å². The van der Waals surface area contributed by atoms with Crippen LogP contribution in [-0.2, 0) is 4.33 Å². The number of pyridine rings is 2. The Kier molecular flexibility index (Phi) is 15.9. The van der Waals surface area contributed by atoms with E-state index in [4.69, 9.17) is 14.2 Å². The summed E-state index contributed by atoms with van der Waals surface area (Å²) in [5.74, 6) is 13.7. The van der Waals surface area contributed by atoms with Crippen LogP contribution in [0.25, 0.3) is 44.3 Å². The Labute approximate surface area is 394 Å². The Morgan fingerprint density at radius 1 is 0.556 bits per heavy atom. The van der Waals surface area contributed by atoms with Crippen LogP contribution in [0, 0.1) is 23.7 Å². The van der Waals surface area contributed by atoms with Crippen molar-refractivity contribution in [2.75, 3.05) is 38.0 Å². The Hall–Kier alpha value is -6.73. The monoisotopic (exact) mass is 854 g/mol. The molecular weight excluding hydrogens is 812 g/mol. The summed E-state index contributed by atoms with van der Waals surface area (Å²) in [7, 11) is 8.15. The summed E-state index contributed by atoms with van der Waals surface area (Å²) in [6.45, 7) is 0. The molecule has 0 unspecified atom stereocenters. The molecule has 9 nitrogen and oxygen atoms in total. The van der Waals surface area contributed by atoms with Gasteiger partial charge < -0.3 is 25.1 Å². The van der Waals surface area contributed by atoms with E-state index >= 15 is 0 Å². The molecule has 306 valence electrons. The molecule has 0 radical (unpaired) electrons. The standard InChI is InChI=1S/C29H23N3O2S.C23H19N3.Na.H2O/c1-31(2)26-17-15-23(16-18-26)25-19-28-24(14-13-22-9-5-3-6-10-22)21-32(29(28)30-20-25)35-34-33-27-11-7-4-8-12-27;1-26(2)21-12-10-18(11-13-21)20-14-22-19(15-24-23(22)25-16-20)9-8-17-6-4-3-5-7-17;;/h3-12,15-21H,1-2H3;3-7,10-16H,1-2H3,(H,24,25);;1H2/q;;+1;/p-1. The van der Waals surface area contributed by atoms with Crippen LogP contribution in [0.15, 0.2) is 176 Å². The normalized spacial score (nSPS) is 10.2. The second-order valence-corrected chi connectivity index (χ2v) is 15.1. The van der Waals surface area contributed by atoms with Crippen LogP contribution in [0.4, 0.5) is 11.4 Å². The number of nitrogens with zero attached hydrogens (tertiary/aromatic N) is 5. The maximum absolute atomic E-state index is 5.43. The van der Waals surface area contributed by atoms with Gasteiger partial charge in [0.05, 0.1) is 11.1 Å². The molecule has 0 aliphatic carbocycles. The number of H-pyrrole nitrogens is 1. The summed E-state index contributed by atoms with van der Waals surface area (Å²) in [5, 5.41) is 1.99. The maximum atomic E-state index is 5.43. The first-order valence-electron chi connectivity index (χ1n) is 19.6. The molecule has 4 aromatic heterocycles. The molecule has 63 heavy (non-hydrogen) atoms. The van der Waals surface area contributed by atoms with E-state index in [-0.39, 0.29) is 35.0 Å². The Morgan fingerprint density at radius 3 is 1.59 bits per heavy atom. The molecule has 4 heterocycles. The average molecular weight is 855 g/mol. The smallest absolute Gasteiger partial charge is 0.870 e. The Bertz CT molecular complexity index is 3010. The first kappa shape index (κ1) is 45.8. The van der Waals surface area contributed by atoms with E-state index in [1.807, 2.05) is 148 Å². The molecule has 9 aromatic rings. The van der Waals surface area contributed by atoms with Gasteiger partial charge in [-0.1, -0.05) is 107 Å². The number of hydrogen-bond donors (Lipinski definition) is 1. The molecule has 0 spiro atoms. The third kappa shape index (κ3) is 11.6. The minimum Gasteiger partial charge on any atom is -0.870 e. The number of anilines is 2. The van der Waals surface area contributed by atoms with E-state index < -0.39 is 0 Å². The zero-order valence-corrected chi connectivity index (χ0v) is 38.5. The molecular formula is C52H43N6NaO3S. The molecule has 0 saturated carbocycles. The topological polar surface area (TPSA) is 101 Å². The van der Waals surface area contributed by atoms with E-state index in [9.17, 15) is 0 Å². The molecule has 5 aromatic carbocycles. The molecule has 0 aliphatic heterocycles. The Morgan fingerprint density at radius 2 is 1.05 bits per heavy atom. The third-order valence-corrected chi connectivity index (χ3v) is 10.4. The van der Waals surface area contributed by atoms with Crippen LogP contribution in [-0.4, -0.2) is 52.6 Å². The molecule has 0 fully saturated rings. The van der Waals surface area contributed by atoms with Gasteiger partial charge in [-0.05, 0) is 83.9 Å². The van der Waals surface area contributed by atoms with Crippen molar-refractivity contribution in [1.29, 1.82) is 0 Å². The predicted octanol–water partition coefficient (Wildman–Crippen LogP) is 8.11. The summed E-state index contributed by atoms with van der Waals surface area (Å²) in [4.78, 5) is 22.1. The number of hydrogen-bond acceptors (Lipinski definition) is 8. The number of para-hydroxylation sites is 1. The van der Waals surface area contributed by atoms with Gasteiger partial charge in [0.2, 0.25) is 0 Å². The summed E-state index contributed by atoms with van der Waals surface area (Å²) in [6, 6.07) is 50.5. The zero-order valence-electron chi connectivity index (χ0n) is 35.7. The van der Waals surface area contributed by atoms with Crippen molar-refractivity contribution in [1.82, 2.24) is 18.9 Å². The molecule has 0 bridgehead atoms. The van der Waals surface area contributed by atoms with Gasteiger partial charge in [0.15, 0.2) is 23.6 Å². The van der Waals surface area contributed by atoms with E-state index in [1.165, 1.54) is 5.69 Å². The van der Waals surface area contributed by atoms with Gasteiger partial charge in [0.25, 0.3) is 0 Å². The van der Waals surface area contributed by atoms with Crippen LogP contribution >= 0.6 is 12.2 Å². The van der Waals surface area contributed by atoms with Crippen LogP contribution in [0.2, 0.25) is 0 Å². The van der Waals surface area contributed by atoms with E-state index in [0.717, 1.165) is 84.5 Å². The SMILES string of the molecule is CN(C)c1ccc(-c2cnc3[nH]cc(C#Cc4ccccc4)c3c2)cc1.CN(C)c1ccc(-c2cnc3c(c2)c(C#Cc2ccccc2)cn3SOOc2ccccc2)cc1.[Na+].[OH-]. The summed E-state index contributed by atoms with van der Waals surface area (Å²) < 4.78 is 7.25. The van der Waals surface area contributed by atoms with Gasteiger partial charge in [-0.15, -0.1) is 0 Å². The van der Waals surface area contributed by atoms with E-state index in [0.29, 0.717) is 5.75 Å². The molecule has 0 atom stereocenters. The number of benzene rings is 5. The van der Waals surface area contributed by atoms with Crippen molar-refractivity contribution in [3.8, 4) is 51.7 Å². The fourth-order valence-corrected chi connectivity index (χ4v) is 6.99. The number of fused-ring (bicyclic) bond motifs is 2. The quantitative estimate of drug-likeness (QED) is 0.0539. The van der Waals surface area contributed by atoms with Crippen molar-refractivity contribution in [3.05, 3.63) is 199 Å². The van der Waals surface area contributed by atoms with Crippen molar-refractivity contribution in [2.24, 2.45) is 0 Å². The molecule has 0 saturated heterocycles. The van der Waals surface area contributed by atoms with Crippen LogP contribution in [0.1, 0.15) is 22.3 Å². The van der Waals surface area contributed by atoms with E-state index in [1.54, 1.807) is 0 Å². The molecule has 0 aliphatic rings. The number of nitrogens with one attached hydrogen (secondary N) is 1. The first-order chi connectivity index (χ1) is 29.9. The molecule has 0 amide bonds. The van der Waals surface area contributed by atoms with Crippen molar-refractivity contribution in [2.45, 2.75) is 0 Å². The molecule has 9 rings (SSSR count). The number of rotatable bonds is 8. The summed E-state index contributed by atoms with van der Waals surface area (Å²) in [5.41, 5.74) is 12.1. The van der Waals surface area contributed by atoms with Gasteiger partial charge in [0.1, 0.15) is 5.65 Å². The zero-order chi connectivity index (χ0) is 42.0. The van der Waals surface area contributed by atoms with Gasteiger partial charge in [-0.2, -0.15) is 0 Å². The van der Waals surface area contributed by atoms with Crippen LogP contribution in [0.5, 0.6) is 5.75 Å².